The van der Waals surface area contributed by atoms with E-state index in [2.05, 4.69) is 22.3 Å². The van der Waals surface area contributed by atoms with Crippen LogP contribution in [0.15, 0.2) is 53.4 Å². The second-order valence-electron chi connectivity index (χ2n) is 7.13. The van der Waals surface area contributed by atoms with Crippen molar-refractivity contribution in [2.75, 3.05) is 32.7 Å². The molecule has 28 heavy (non-hydrogen) atoms. The highest BCUT2D eigenvalue weighted by molar-refractivity contribution is 7.89. The van der Waals surface area contributed by atoms with E-state index in [-0.39, 0.29) is 0 Å². The Morgan fingerprint density at radius 2 is 1.71 bits per heavy atom. The molecule has 0 spiro atoms. The summed E-state index contributed by atoms with van der Waals surface area (Å²) in [5.74, 6) is 0. The van der Waals surface area contributed by atoms with Gasteiger partial charge in [-0.25, -0.2) is 8.42 Å². The monoisotopic (exact) mass is 417 g/mol. The molecule has 1 N–H and O–H groups in total. The lowest BCUT2D eigenvalue weighted by molar-refractivity contribution is 0.264. The highest BCUT2D eigenvalue weighted by atomic mass is 32.2. The van der Waals surface area contributed by atoms with Crippen LogP contribution in [0.1, 0.15) is 16.7 Å². The lowest BCUT2D eigenvalue weighted by atomic mass is 10.1. The van der Waals surface area contributed by atoms with E-state index in [0.29, 0.717) is 36.2 Å². The van der Waals surface area contributed by atoms with E-state index >= 15 is 0 Å². The van der Waals surface area contributed by atoms with Gasteiger partial charge in [-0.2, -0.15) is 4.31 Å². The lowest BCUT2D eigenvalue weighted by Gasteiger charge is -2.35. The van der Waals surface area contributed by atoms with Gasteiger partial charge in [0, 0.05) is 32.7 Å². The van der Waals surface area contributed by atoms with Crippen molar-refractivity contribution in [1.29, 1.82) is 0 Å². The van der Waals surface area contributed by atoms with Gasteiger partial charge < -0.3 is 10.2 Å². The zero-order valence-electron chi connectivity index (χ0n) is 16.4. The van der Waals surface area contributed by atoms with Crippen LogP contribution in [-0.2, 0) is 16.4 Å². The predicted octanol–water partition coefficient (Wildman–Crippen LogP) is 2.73. The Morgan fingerprint density at radius 1 is 1.04 bits per heavy atom. The topological polar surface area (TPSA) is 52.7 Å². The maximum Gasteiger partial charge on any atom is 0.243 e. The molecule has 3 rings (SSSR count). The van der Waals surface area contributed by atoms with E-state index in [9.17, 15) is 8.42 Å². The minimum atomic E-state index is -3.47. The largest absolute Gasteiger partial charge is 0.362 e. The SMILES string of the molecule is Cc1ccc(C)c(S(=O)(=O)N2CCN(C(=S)NCCc3ccccc3)CC2)c1. The molecule has 1 aliphatic rings. The molecule has 0 aromatic heterocycles. The first-order valence-corrected chi connectivity index (χ1v) is 11.4. The Balaban J connectivity index is 1.53. The minimum Gasteiger partial charge on any atom is -0.362 e. The second-order valence-corrected chi connectivity index (χ2v) is 9.42. The van der Waals surface area contributed by atoms with Crippen LogP contribution < -0.4 is 5.32 Å². The molecule has 150 valence electrons. The van der Waals surface area contributed by atoms with Crippen LogP contribution in [0.5, 0.6) is 0 Å². The van der Waals surface area contributed by atoms with Crippen molar-refractivity contribution in [3.05, 3.63) is 65.2 Å². The normalized spacial score (nSPS) is 15.4. The van der Waals surface area contributed by atoms with Crippen LogP contribution in [0.2, 0.25) is 0 Å². The molecule has 7 heteroatoms. The molecule has 2 aromatic rings. The molecule has 0 radical (unpaired) electrons. The molecule has 5 nitrogen and oxygen atoms in total. The van der Waals surface area contributed by atoms with Crippen LogP contribution in [0, 0.1) is 13.8 Å². The maximum absolute atomic E-state index is 13.0. The number of hydrogen-bond donors (Lipinski definition) is 1. The Hall–Kier alpha value is -1.96. The van der Waals surface area contributed by atoms with Crippen molar-refractivity contribution in [1.82, 2.24) is 14.5 Å². The minimum absolute atomic E-state index is 0.407. The van der Waals surface area contributed by atoms with Gasteiger partial charge in [-0.3, -0.25) is 0 Å². The third-order valence-corrected chi connectivity index (χ3v) is 7.46. The molecule has 1 heterocycles. The van der Waals surface area contributed by atoms with Crippen molar-refractivity contribution in [2.24, 2.45) is 0 Å². The van der Waals surface area contributed by atoms with Gasteiger partial charge in [-0.1, -0.05) is 42.5 Å². The third-order valence-electron chi connectivity index (χ3n) is 5.02. The summed E-state index contributed by atoms with van der Waals surface area (Å²) in [6, 6.07) is 15.8. The van der Waals surface area contributed by atoms with Crippen LogP contribution in [0.25, 0.3) is 0 Å². The smallest absolute Gasteiger partial charge is 0.243 e. The number of thiocarbonyl (C=S) groups is 1. The predicted molar refractivity (Wildman–Crippen MR) is 117 cm³/mol. The van der Waals surface area contributed by atoms with Gasteiger partial charge in [0.25, 0.3) is 0 Å². The second kappa shape index (κ2) is 9.03. The zero-order chi connectivity index (χ0) is 20.1. The molecule has 1 aliphatic heterocycles. The van der Waals surface area contributed by atoms with Gasteiger partial charge in [-0.05, 0) is 55.2 Å². The number of aryl methyl sites for hydroxylation is 2. The molecule has 0 bridgehead atoms. The molecule has 0 amide bonds. The molecule has 2 aromatic carbocycles. The average molecular weight is 418 g/mol. The number of benzene rings is 2. The average Bonchev–Trinajstić information content (AvgIpc) is 2.70. The summed E-state index contributed by atoms with van der Waals surface area (Å²) < 4.78 is 27.6. The molecule has 0 atom stereocenters. The number of nitrogens with one attached hydrogen (secondary N) is 1. The fourth-order valence-corrected chi connectivity index (χ4v) is 5.34. The Kier molecular flexibility index (Phi) is 6.69. The lowest BCUT2D eigenvalue weighted by Crippen LogP contribution is -2.53. The van der Waals surface area contributed by atoms with Crippen LogP contribution in [0.3, 0.4) is 0 Å². The number of nitrogens with zero attached hydrogens (tertiary/aromatic N) is 2. The van der Waals surface area contributed by atoms with Crippen molar-refractivity contribution in [3.63, 3.8) is 0 Å². The molecule has 0 saturated carbocycles. The summed E-state index contributed by atoms with van der Waals surface area (Å²) in [5.41, 5.74) is 3.00. The number of hydrogen-bond acceptors (Lipinski definition) is 3. The molecular formula is C21H27N3O2S2. The molecule has 1 saturated heterocycles. The Bertz CT molecular complexity index is 922. The van der Waals surface area contributed by atoms with E-state index in [1.807, 2.05) is 44.2 Å². The Labute approximate surface area is 173 Å². The summed E-state index contributed by atoms with van der Waals surface area (Å²) in [6.45, 7) is 6.60. The fraction of sp³-hybridized carbons (Fsp3) is 0.381. The number of piperazine rings is 1. The molecule has 1 fully saturated rings. The van der Waals surface area contributed by atoms with Gasteiger partial charge in [0.2, 0.25) is 10.0 Å². The van der Waals surface area contributed by atoms with Crippen molar-refractivity contribution in [2.45, 2.75) is 25.2 Å². The quantitative estimate of drug-likeness (QED) is 0.758. The zero-order valence-corrected chi connectivity index (χ0v) is 18.0. The number of sulfonamides is 1. The van der Waals surface area contributed by atoms with Crippen molar-refractivity contribution >= 4 is 27.4 Å². The van der Waals surface area contributed by atoms with Crippen molar-refractivity contribution in [3.8, 4) is 0 Å². The van der Waals surface area contributed by atoms with Gasteiger partial charge >= 0.3 is 0 Å². The summed E-state index contributed by atoms with van der Waals surface area (Å²) in [6.07, 6.45) is 0.905. The summed E-state index contributed by atoms with van der Waals surface area (Å²) in [7, 11) is -3.47. The van der Waals surface area contributed by atoms with Crippen LogP contribution in [0.4, 0.5) is 0 Å². The highest BCUT2D eigenvalue weighted by Crippen LogP contribution is 2.22. The van der Waals surface area contributed by atoms with Crippen LogP contribution >= 0.6 is 12.2 Å². The summed E-state index contributed by atoms with van der Waals surface area (Å²) >= 11 is 5.50. The first-order valence-electron chi connectivity index (χ1n) is 9.52. The van der Waals surface area contributed by atoms with E-state index in [1.165, 1.54) is 5.56 Å². The standard InChI is InChI=1S/C21H27N3O2S2/c1-17-8-9-18(2)20(16-17)28(25,26)24-14-12-23(13-15-24)21(27)22-11-10-19-6-4-3-5-7-19/h3-9,16H,10-15H2,1-2H3,(H,22,27). The first-order chi connectivity index (χ1) is 13.4. The number of rotatable bonds is 5. The van der Waals surface area contributed by atoms with Gasteiger partial charge in [-0.15, -0.1) is 0 Å². The Morgan fingerprint density at radius 3 is 2.39 bits per heavy atom. The van der Waals surface area contributed by atoms with E-state index in [4.69, 9.17) is 12.2 Å². The maximum atomic E-state index is 13.0. The molecule has 0 unspecified atom stereocenters. The van der Waals surface area contributed by atoms with E-state index < -0.39 is 10.0 Å². The molecular weight excluding hydrogens is 390 g/mol. The van der Waals surface area contributed by atoms with Gasteiger partial charge in [0.05, 0.1) is 4.90 Å². The highest BCUT2D eigenvalue weighted by Gasteiger charge is 2.30. The van der Waals surface area contributed by atoms with Crippen molar-refractivity contribution < 1.29 is 8.42 Å². The van der Waals surface area contributed by atoms with Gasteiger partial charge in [0.15, 0.2) is 5.11 Å². The summed E-state index contributed by atoms with van der Waals surface area (Å²) in [4.78, 5) is 2.46. The first kappa shape index (κ1) is 20.8. The summed E-state index contributed by atoms with van der Waals surface area (Å²) in [5, 5.41) is 3.99. The van der Waals surface area contributed by atoms with Crippen LogP contribution in [-0.4, -0.2) is 55.5 Å². The van der Waals surface area contributed by atoms with E-state index in [0.717, 1.165) is 24.1 Å². The van der Waals surface area contributed by atoms with E-state index in [1.54, 1.807) is 10.4 Å². The molecule has 0 aliphatic carbocycles. The third kappa shape index (κ3) is 4.90. The van der Waals surface area contributed by atoms with Gasteiger partial charge in [0.1, 0.15) is 0 Å². The fourth-order valence-electron chi connectivity index (χ4n) is 3.33.